The Morgan fingerprint density at radius 1 is 1.30 bits per heavy atom. The highest BCUT2D eigenvalue weighted by Crippen LogP contribution is 2.34. The maximum Gasteiger partial charge on any atom is 0.150 e. The van der Waals surface area contributed by atoms with Gasteiger partial charge in [-0.1, -0.05) is 28.1 Å². The van der Waals surface area contributed by atoms with E-state index in [-0.39, 0.29) is 5.92 Å². The smallest absolute Gasteiger partial charge is 0.150 e. The van der Waals surface area contributed by atoms with E-state index in [1.807, 2.05) is 12.1 Å². The Kier molecular flexibility index (Phi) is 4.20. The van der Waals surface area contributed by atoms with Gasteiger partial charge in [-0.15, -0.1) is 0 Å². The van der Waals surface area contributed by atoms with Crippen LogP contribution in [0.4, 0.5) is 0 Å². The summed E-state index contributed by atoms with van der Waals surface area (Å²) in [4.78, 5) is 0. The van der Waals surface area contributed by atoms with Gasteiger partial charge in [-0.25, -0.2) is 8.42 Å². The van der Waals surface area contributed by atoms with E-state index in [2.05, 4.69) is 33.4 Å². The first-order chi connectivity index (χ1) is 9.53. The molecule has 20 heavy (non-hydrogen) atoms. The summed E-state index contributed by atoms with van der Waals surface area (Å²) in [5.74, 6) is 1.24. The van der Waals surface area contributed by atoms with Crippen LogP contribution in [0.2, 0.25) is 0 Å². The van der Waals surface area contributed by atoms with Crippen LogP contribution < -0.4 is 5.32 Å². The molecule has 1 heterocycles. The average molecular weight is 358 g/mol. The molecule has 2 aliphatic rings. The molecule has 2 unspecified atom stereocenters. The van der Waals surface area contributed by atoms with Crippen LogP contribution in [0.3, 0.4) is 0 Å². The number of hydrogen-bond acceptors (Lipinski definition) is 3. The lowest BCUT2D eigenvalue weighted by Crippen LogP contribution is -2.28. The molecule has 110 valence electrons. The molecule has 1 aliphatic carbocycles. The molecule has 1 saturated carbocycles. The van der Waals surface area contributed by atoms with Crippen molar-refractivity contribution in [1.29, 1.82) is 0 Å². The quantitative estimate of drug-likeness (QED) is 0.881. The number of rotatable bonds is 5. The summed E-state index contributed by atoms with van der Waals surface area (Å²) in [7, 11) is -2.82. The molecular weight excluding hydrogens is 338 g/mol. The topological polar surface area (TPSA) is 46.2 Å². The summed E-state index contributed by atoms with van der Waals surface area (Å²) in [5.41, 5.74) is 1.25. The van der Waals surface area contributed by atoms with E-state index < -0.39 is 9.84 Å². The van der Waals surface area contributed by atoms with Gasteiger partial charge in [0.05, 0.1) is 11.5 Å². The number of halogens is 1. The molecule has 0 aromatic heterocycles. The zero-order valence-electron chi connectivity index (χ0n) is 11.4. The van der Waals surface area contributed by atoms with Gasteiger partial charge in [0.2, 0.25) is 0 Å². The number of hydrogen-bond donors (Lipinski definition) is 1. The normalized spacial score (nSPS) is 26.6. The first-order valence-electron chi connectivity index (χ1n) is 7.23. The SMILES string of the molecule is O=S1(=O)CCC(C(CNC2CC2)c2cccc(Br)c2)C1. The van der Waals surface area contributed by atoms with E-state index in [4.69, 9.17) is 0 Å². The zero-order chi connectivity index (χ0) is 14.2. The summed E-state index contributed by atoms with van der Waals surface area (Å²) in [6.07, 6.45) is 3.31. The minimum atomic E-state index is -2.82. The van der Waals surface area contributed by atoms with Crippen LogP contribution in [0.1, 0.15) is 30.7 Å². The van der Waals surface area contributed by atoms with Gasteiger partial charge in [-0.3, -0.25) is 0 Å². The van der Waals surface area contributed by atoms with E-state index in [0.29, 0.717) is 23.5 Å². The third kappa shape index (κ3) is 3.62. The van der Waals surface area contributed by atoms with Gasteiger partial charge >= 0.3 is 0 Å². The predicted molar refractivity (Wildman–Crippen MR) is 84.7 cm³/mol. The Balaban J connectivity index is 1.79. The first-order valence-corrected chi connectivity index (χ1v) is 9.84. The van der Waals surface area contributed by atoms with Crippen molar-refractivity contribution in [2.75, 3.05) is 18.1 Å². The molecule has 1 aliphatic heterocycles. The fourth-order valence-corrected chi connectivity index (χ4v) is 5.31. The van der Waals surface area contributed by atoms with E-state index in [1.54, 1.807) is 0 Å². The van der Waals surface area contributed by atoms with Crippen molar-refractivity contribution < 1.29 is 8.42 Å². The van der Waals surface area contributed by atoms with Crippen molar-refractivity contribution >= 4 is 25.8 Å². The molecule has 0 radical (unpaired) electrons. The summed E-state index contributed by atoms with van der Waals surface area (Å²) < 4.78 is 24.6. The molecule has 1 aromatic carbocycles. The van der Waals surface area contributed by atoms with Crippen molar-refractivity contribution in [2.24, 2.45) is 5.92 Å². The molecule has 5 heteroatoms. The highest BCUT2D eigenvalue weighted by Gasteiger charge is 2.35. The van der Waals surface area contributed by atoms with Gasteiger partial charge in [0.15, 0.2) is 9.84 Å². The monoisotopic (exact) mass is 357 g/mol. The Morgan fingerprint density at radius 3 is 2.70 bits per heavy atom. The summed E-state index contributed by atoms with van der Waals surface area (Å²) in [6.45, 7) is 0.890. The van der Waals surface area contributed by atoms with Gasteiger partial charge < -0.3 is 5.32 Å². The third-order valence-electron chi connectivity index (χ3n) is 4.32. The number of nitrogens with one attached hydrogen (secondary N) is 1. The Labute approximate surface area is 129 Å². The van der Waals surface area contributed by atoms with Crippen LogP contribution in [-0.2, 0) is 9.84 Å². The lowest BCUT2D eigenvalue weighted by molar-refractivity contribution is 0.437. The standard InChI is InChI=1S/C15H20BrNO2S/c16-13-3-1-2-11(8-13)15(9-17-14-4-5-14)12-6-7-20(18,19)10-12/h1-3,8,12,14-15,17H,4-7,9-10H2. The second kappa shape index (κ2) is 5.78. The molecule has 3 rings (SSSR count). The second-order valence-electron chi connectivity index (χ2n) is 6.01. The van der Waals surface area contributed by atoms with Crippen molar-refractivity contribution in [3.8, 4) is 0 Å². The third-order valence-corrected chi connectivity index (χ3v) is 6.60. The van der Waals surface area contributed by atoms with Crippen LogP contribution >= 0.6 is 15.9 Å². The molecule has 1 aromatic rings. The largest absolute Gasteiger partial charge is 0.313 e. The second-order valence-corrected chi connectivity index (χ2v) is 9.15. The fraction of sp³-hybridized carbons (Fsp3) is 0.600. The van der Waals surface area contributed by atoms with Gasteiger partial charge in [0.1, 0.15) is 0 Å². The Hall–Kier alpha value is -0.390. The van der Waals surface area contributed by atoms with E-state index in [0.717, 1.165) is 17.4 Å². The van der Waals surface area contributed by atoms with Crippen LogP contribution in [-0.4, -0.2) is 32.5 Å². The van der Waals surface area contributed by atoms with Crippen molar-refractivity contribution in [3.05, 3.63) is 34.3 Å². The van der Waals surface area contributed by atoms with Crippen LogP contribution in [0.5, 0.6) is 0 Å². The fourth-order valence-electron chi connectivity index (χ4n) is 3.02. The van der Waals surface area contributed by atoms with Crippen molar-refractivity contribution in [2.45, 2.75) is 31.2 Å². The van der Waals surface area contributed by atoms with E-state index in [9.17, 15) is 8.42 Å². The maximum atomic E-state index is 11.8. The lowest BCUT2D eigenvalue weighted by atomic mass is 9.85. The summed E-state index contributed by atoms with van der Waals surface area (Å²) in [5, 5.41) is 3.57. The highest BCUT2D eigenvalue weighted by atomic mass is 79.9. The molecule has 3 nitrogen and oxygen atoms in total. The Morgan fingerprint density at radius 2 is 2.10 bits per heavy atom. The molecule has 0 spiro atoms. The first kappa shape index (κ1) is 14.5. The van der Waals surface area contributed by atoms with E-state index in [1.165, 1.54) is 18.4 Å². The molecule has 2 atom stereocenters. The average Bonchev–Trinajstić information content (AvgIpc) is 3.14. The molecular formula is C15H20BrNO2S. The van der Waals surface area contributed by atoms with Crippen LogP contribution in [0, 0.1) is 5.92 Å². The minimum absolute atomic E-state index is 0.251. The minimum Gasteiger partial charge on any atom is -0.313 e. The number of sulfone groups is 1. The molecule has 1 saturated heterocycles. The van der Waals surface area contributed by atoms with Gasteiger partial charge in [-0.2, -0.15) is 0 Å². The summed E-state index contributed by atoms with van der Waals surface area (Å²) in [6, 6.07) is 8.95. The lowest BCUT2D eigenvalue weighted by Gasteiger charge is -2.24. The van der Waals surface area contributed by atoms with Gasteiger partial charge in [0.25, 0.3) is 0 Å². The van der Waals surface area contributed by atoms with Crippen molar-refractivity contribution in [3.63, 3.8) is 0 Å². The summed E-state index contributed by atoms with van der Waals surface area (Å²) >= 11 is 3.52. The number of benzene rings is 1. The highest BCUT2D eigenvalue weighted by molar-refractivity contribution is 9.10. The van der Waals surface area contributed by atoms with Crippen LogP contribution in [0.25, 0.3) is 0 Å². The van der Waals surface area contributed by atoms with E-state index >= 15 is 0 Å². The zero-order valence-corrected chi connectivity index (χ0v) is 13.8. The molecule has 0 bridgehead atoms. The molecule has 0 amide bonds. The predicted octanol–water partition coefficient (Wildman–Crippen LogP) is 2.72. The van der Waals surface area contributed by atoms with Gasteiger partial charge in [-0.05, 0) is 42.9 Å². The van der Waals surface area contributed by atoms with Crippen LogP contribution in [0.15, 0.2) is 28.7 Å². The van der Waals surface area contributed by atoms with Crippen molar-refractivity contribution in [1.82, 2.24) is 5.32 Å². The Bertz CT molecular complexity index is 583. The maximum absolute atomic E-state index is 11.8. The molecule has 2 fully saturated rings. The van der Waals surface area contributed by atoms with Gasteiger partial charge in [0, 0.05) is 23.0 Å². The molecule has 1 N–H and O–H groups in total.